The fourth-order valence-electron chi connectivity index (χ4n) is 4.01. The largest absolute Gasteiger partial charge is 0.376 e. The van der Waals surface area contributed by atoms with Gasteiger partial charge in [-0.15, -0.1) is 0 Å². The Bertz CT molecular complexity index is 680. The summed E-state index contributed by atoms with van der Waals surface area (Å²) in [6.45, 7) is 5.97. The Morgan fingerprint density at radius 1 is 1.11 bits per heavy atom. The molecule has 28 heavy (non-hydrogen) atoms. The van der Waals surface area contributed by atoms with Crippen molar-refractivity contribution in [3.05, 3.63) is 23.8 Å². The molecule has 1 atom stereocenters. The number of likely N-dealkylation sites (N-methyl/N-ethyl adjacent to an activating group) is 1. The number of ether oxygens (including phenoxy) is 1. The van der Waals surface area contributed by atoms with Crippen molar-refractivity contribution >= 4 is 23.3 Å². The van der Waals surface area contributed by atoms with Crippen LogP contribution < -0.4 is 10.6 Å². The number of hydrogen-bond donors (Lipinski definition) is 2. The number of carbonyl (C=O) groups is 2. The third-order valence-corrected chi connectivity index (χ3v) is 5.84. The van der Waals surface area contributed by atoms with E-state index in [2.05, 4.69) is 10.6 Å². The average Bonchev–Trinajstić information content (AvgIpc) is 3.24. The maximum absolute atomic E-state index is 12.7. The SMILES string of the molecule is CCN(C[C@H]1CCCCO1)C(=O)Nc1ccc(C)c(NC(=O)C2CCCC2)c1. The van der Waals surface area contributed by atoms with Crippen molar-refractivity contribution in [1.29, 1.82) is 0 Å². The summed E-state index contributed by atoms with van der Waals surface area (Å²) in [4.78, 5) is 27.0. The van der Waals surface area contributed by atoms with Gasteiger partial charge in [0, 0.05) is 37.0 Å². The van der Waals surface area contributed by atoms with Crippen LogP contribution >= 0.6 is 0 Å². The molecule has 3 rings (SSSR count). The Balaban J connectivity index is 1.60. The van der Waals surface area contributed by atoms with E-state index < -0.39 is 0 Å². The minimum Gasteiger partial charge on any atom is -0.376 e. The lowest BCUT2D eigenvalue weighted by atomic mass is 10.1. The van der Waals surface area contributed by atoms with E-state index in [9.17, 15) is 9.59 Å². The van der Waals surface area contributed by atoms with Crippen molar-refractivity contribution < 1.29 is 14.3 Å². The summed E-state index contributed by atoms with van der Waals surface area (Å²) < 4.78 is 5.77. The minimum atomic E-state index is -0.131. The van der Waals surface area contributed by atoms with Crippen LogP contribution in [-0.2, 0) is 9.53 Å². The van der Waals surface area contributed by atoms with Crippen LogP contribution in [0.4, 0.5) is 16.2 Å². The lowest BCUT2D eigenvalue weighted by Crippen LogP contribution is -2.41. The smallest absolute Gasteiger partial charge is 0.321 e. The summed E-state index contributed by atoms with van der Waals surface area (Å²) in [6.07, 6.45) is 7.59. The minimum absolute atomic E-state index is 0.0914. The standard InChI is InChI=1S/C22H33N3O3/c1-3-25(15-19-10-6-7-13-28-19)22(27)23-18-12-11-16(2)20(14-18)24-21(26)17-8-4-5-9-17/h11-12,14,17,19H,3-10,13,15H2,1-2H3,(H,23,27)(H,24,26)/t19-/m1/s1. The molecule has 6 heteroatoms. The van der Waals surface area contributed by atoms with Crippen LogP contribution in [0.5, 0.6) is 0 Å². The molecule has 1 aliphatic heterocycles. The maximum atomic E-state index is 12.7. The molecule has 3 amide bonds. The molecule has 1 aliphatic carbocycles. The summed E-state index contributed by atoms with van der Waals surface area (Å²) in [5.74, 6) is 0.206. The second-order valence-electron chi connectivity index (χ2n) is 7.96. The summed E-state index contributed by atoms with van der Waals surface area (Å²) in [7, 11) is 0. The van der Waals surface area contributed by atoms with E-state index in [0.29, 0.717) is 18.8 Å². The highest BCUT2D eigenvalue weighted by molar-refractivity contribution is 5.95. The van der Waals surface area contributed by atoms with E-state index in [1.807, 2.05) is 32.0 Å². The number of rotatable bonds is 6. The van der Waals surface area contributed by atoms with Gasteiger partial charge in [0.05, 0.1) is 6.10 Å². The average molecular weight is 388 g/mol. The van der Waals surface area contributed by atoms with Crippen LogP contribution in [0.2, 0.25) is 0 Å². The molecule has 2 aliphatic rings. The molecule has 154 valence electrons. The van der Waals surface area contributed by atoms with E-state index in [1.54, 1.807) is 4.90 Å². The Kier molecular flexibility index (Phi) is 7.31. The molecular formula is C22H33N3O3. The lowest BCUT2D eigenvalue weighted by Gasteiger charge is -2.29. The number of amides is 3. The van der Waals surface area contributed by atoms with Crippen LogP contribution in [0.3, 0.4) is 0 Å². The van der Waals surface area contributed by atoms with Gasteiger partial charge in [0.1, 0.15) is 0 Å². The summed E-state index contributed by atoms with van der Waals surface area (Å²) in [5.41, 5.74) is 2.46. The third-order valence-electron chi connectivity index (χ3n) is 5.84. The topological polar surface area (TPSA) is 70.7 Å². The maximum Gasteiger partial charge on any atom is 0.321 e. The zero-order chi connectivity index (χ0) is 19.9. The van der Waals surface area contributed by atoms with E-state index in [4.69, 9.17) is 4.74 Å². The van der Waals surface area contributed by atoms with Crippen LogP contribution in [0.15, 0.2) is 18.2 Å². The molecule has 1 aromatic rings. The highest BCUT2D eigenvalue weighted by Gasteiger charge is 2.23. The predicted molar refractivity (Wildman–Crippen MR) is 112 cm³/mol. The van der Waals surface area contributed by atoms with Gasteiger partial charge in [0.2, 0.25) is 5.91 Å². The van der Waals surface area contributed by atoms with Crippen molar-refractivity contribution in [3.8, 4) is 0 Å². The van der Waals surface area contributed by atoms with Gasteiger partial charge in [-0.05, 0) is 63.6 Å². The molecular weight excluding hydrogens is 354 g/mol. The Morgan fingerprint density at radius 3 is 2.54 bits per heavy atom. The zero-order valence-corrected chi connectivity index (χ0v) is 17.1. The first-order valence-corrected chi connectivity index (χ1v) is 10.7. The molecule has 1 aromatic carbocycles. The molecule has 1 saturated carbocycles. The zero-order valence-electron chi connectivity index (χ0n) is 17.1. The first-order chi connectivity index (χ1) is 13.6. The fraction of sp³-hybridized carbons (Fsp3) is 0.636. The number of carbonyl (C=O) groups excluding carboxylic acids is 2. The quantitative estimate of drug-likeness (QED) is 0.752. The monoisotopic (exact) mass is 387 g/mol. The van der Waals surface area contributed by atoms with Crippen molar-refractivity contribution in [2.24, 2.45) is 5.92 Å². The highest BCUT2D eigenvalue weighted by Crippen LogP contribution is 2.27. The second-order valence-corrected chi connectivity index (χ2v) is 7.96. The highest BCUT2D eigenvalue weighted by atomic mass is 16.5. The van der Waals surface area contributed by atoms with Crippen molar-refractivity contribution in [3.63, 3.8) is 0 Å². The number of urea groups is 1. The first-order valence-electron chi connectivity index (χ1n) is 10.7. The van der Waals surface area contributed by atoms with Gasteiger partial charge in [-0.1, -0.05) is 18.9 Å². The van der Waals surface area contributed by atoms with Crippen LogP contribution in [-0.4, -0.2) is 42.6 Å². The summed E-state index contributed by atoms with van der Waals surface area (Å²) in [6, 6.07) is 5.53. The number of hydrogen-bond acceptors (Lipinski definition) is 3. The van der Waals surface area contributed by atoms with E-state index in [0.717, 1.165) is 62.8 Å². The molecule has 1 heterocycles. The van der Waals surface area contributed by atoms with Gasteiger partial charge in [0.25, 0.3) is 0 Å². The third kappa shape index (κ3) is 5.47. The molecule has 2 fully saturated rings. The van der Waals surface area contributed by atoms with E-state index in [-0.39, 0.29) is 24.0 Å². The molecule has 6 nitrogen and oxygen atoms in total. The Labute approximate surface area is 168 Å². The molecule has 0 aromatic heterocycles. The van der Waals surface area contributed by atoms with Crippen LogP contribution in [0, 0.1) is 12.8 Å². The van der Waals surface area contributed by atoms with Crippen molar-refractivity contribution in [2.75, 3.05) is 30.3 Å². The molecule has 0 bridgehead atoms. The molecule has 0 unspecified atom stereocenters. The van der Waals surface area contributed by atoms with Gasteiger partial charge < -0.3 is 20.3 Å². The van der Waals surface area contributed by atoms with E-state index >= 15 is 0 Å². The van der Waals surface area contributed by atoms with Gasteiger partial charge >= 0.3 is 6.03 Å². The van der Waals surface area contributed by atoms with Gasteiger partial charge in [-0.3, -0.25) is 4.79 Å². The van der Waals surface area contributed by atoms with Crippen molar-refractivity contribution in [1.82, 2.24) is 4.90 Å². The van der Waals surface area contributed by atoms with Gasteiger partial charge in [-0.25, -0.2) is 4.79 Å². The number of aryl methyl sites for hydroxylation is 1. The number of nitrogens with one attached hydrogen (secondary N) is 2. The summed E-state index contributed by atoms with van der Waals surface area (Å²) in [5, 5.41) is 6.02. The number of nitrogens with zero attached hydrogens (tertiary/aromatic N) is 1. The number of benzene rings is 1. The van der Waals surface area contributed by atoms with Gasteiger partial charge in [0.15, 0.2) is 0 Å². The second kappa shape index (κ2) is 9.92. The molecule has 1 saturated heterocycles. The van der Waals surface area contributed by atoms with Crippen LogP contribution in [0.1, 0.15) is 57.4 Å². The Morgan fingerprint density at radius 2 is 1.86 bits per heavy atom. The van der Waals surface area contributed by atoms with Gasteiger partial charge in [-0.2, -0.15) is 0 Å². The molecule has 2 N–H and O–H groups in total. The number of anilines is 2. The predicted octanol–water partition coefficient (Wildman–Crippen LogP) is 4.55. The lowest BCUT2D eigenvalue weighted by molar-refractivity contribution is -0.119. The molecule has 0 radical (unpaired) electrons. The normalized spacial score (nSPS) is 20.0. The first kappa shape index (κ1) is 20.6. The Hall–Kier alpha value is -2.08. The summed E-state index contributed by atoms with van der Waals surface area (Å²) >= 11 is 0. The molecule has 0 spiro atoms. The fourth-order valence-corrected chi connectivity index (χ4v) is 4.01. The van der Waals surface area contributed by atoms with Crippen molar-refractivity contribution in [2.45, 2.75) is 64.9 Å². The van der Waals surface area contributed by atoms with Crippen LogP contribution in [0.25, 0.3) is 0 Å². The van der Waals surface area contributed by atoms with E-state index in [1.165, 1.54) is 0 Å².